The molecule has 6 nitrogen and oxygen atoms in total. The van der Waals surface area contributed by atoms with Crippen molar-refractivity contribution in [3.63, 3.8) is 0 Å². The molecule has 0 unspecified atom stereocenters. The number of benzene rings is 2. The maximum Gasteiger partial charge on any atom is 0.262 e. The average molecular weight is 419 g/mol. The molecule has 0 amide bonds. The molecule has 0 saturated carbocycles. The number of phenols is 1. The molecule has 0 spiro atoms. The van der Waals surface area contributed by atoms with Gasteiger partial charge in [0.05, 0.1) is 5.75 Å². The number of rotatable bonds is 6. The van der Waals surface area contributed by atoms with E-state index in [0.29, 0.717) is 5.56 Å². The van der Waals surface area contributed by atoms with Crippen molar-refractivity contribution in [2.24, 2.45) is 0 Å². The molecule has 0 saturated heterocycles. The van der Waals surface area contributed by atoms with Crippen LogP contribution >= 0.6 is 11.3 Å². The van der Waals surface area contributed by atoms with Crippen LogP contribution in [-0.4, -0.2) is 37.9 Å². The molecule has 0 radical (unpaired) electrons. The van der Waals surface area contributed by atoms with Gasteiger partial charge in [-0.2, -0.15) is 4.57 Å². The van der Waals surface area contributed by atoms with Gasteiger partial charge in [-0.1, -0.05) is 17.4 Å². The summed E-state index contributed by atoms with van der Waals surface area (Å²) in [7, 11) is -0.519. The zero-order valence-corrected chi connectivity index (χ0v) is 17.5. The maximum absolute atomic E-state index is 11.1. The van der Waals surface area contributed by atoms with E-state index in [1.807, 2.05) is 66.9 Å². The first-order valence-corrected chi connectivity index (χ1v) is 11.1. The summed E-state index contributed by atoms with van der Waals surface area (Å²) in [5.74, 6) is -0.311. The molecule has 3 rings (SSSR count). The number of fused-ring (bicyclic) bond motifs is 1. The first-order chi connectivity index (χ1) is 13.1. The number of aromatic hydroxyl groups is 1. The Morgan fingerprint density at radius 1 is 1.18 bits per heavy atom. The number of thiazole rings is 1. The van der Waals surface area contributed by atoms with E-state index in [1.165, 1.54) is 11.3 Å². The lowest BCUT2D eigenvalue weighted by atomic mass is 10.1. The zero-order chi connectivity index (χ0) is 20.5. The first kappa shape index (κ1) is 20.3. The Labute approximate surface area is 168 Å². The van der Waals surface area contributed by atoms with Gasteiger partial charge in [-0.25, -0.2) is 8.42 Å². The van der Waals surface area contributed by atoms with Crippen molar-refractivity contribution in [1.29, 1.82) is 0 Å². The second kappa shape index (κ2) is 7.90. The summed E-state index contributed by atoms with van der Waals surface area (Å²) in [5, 5.41) is 11.1. The van der Waals surface area contributed by atoms with Gasteiger partial charge in [0.1, 0.15) is 20.6 Å². The number of hydrogen-bond donors (Lipinski definition) is 1. The molecule has 0 aliphatic carbocycles. The van der Waals surface area contributed by atoms with Gasteiger partial charge >= 0.3 is 0 Å². The van der Waals surface area contributed by atoms with Crippen LogP contribution in [0.4, 0.5) is 5.69 Å². The highest BCUT2D eigenvalue weighted by Crippen LogP contribution is 2.27. The monoisotopic (exact) mass is 418 g/mol. The van der Waals surface area contributed by atoms with Crippen molar-refractivity contribution in [3.05, 3.63) is 52.5 Å². The van der Waals surface area contributed by atoms with Gasteiger partial charge in [-0.3, -0.25) is 0 Å². The summed E-state index contributed by atoms with van der Waals surface area (Å²) < 4.78 is 36.2. The Kier molecular flexibility index (Phi) is 5.74. The summed E-state index contributed by atoms with van der Waals surface area (Å²) in [5.41, 5.74) is 3.49. The second-order valence-corrected chi connectivity index (χ2v) is 9.38. The molecular formula is C20H22N2O4S2. The minimum atomic E-state index is -4.32. The lowest BCUT2D eigenvalue weighted by molar-refractivity contribution is -0.664. The molecule has 1 aromatic heterocycles. The van der Waals surface area contributed by atoms with E-state index in [4.69, 9.17) is 0 Å². The van der Waals surface area contributed by atoms with Gasteiger partial charge in [0.25, 0.3) is 5.01 Å². The van der Waals surface area contributed by atoms with Gasteiger partial charge in [0.15, 0.2) is 6.54 Å². The molecular weight excluding hydrogens is 396 g/mol. The highest BCUT2D eigenvalue weighted by molar-refractivity contribution is 7.85. The van der Waals surface area contributed by atoms with Crippen LogP contribution in [0.2, 0.25) is 0 Å². The Hall–Kier alpha value is -2.42. The van der Waals surface area contributed by atoms with Gasteiger partial charge in [-0.15, -0.1) is 0 Å². The van der Waals surface area contributed by atoms with Gasteiger partial charge in [0.2, 0.25) is 5.52 Å². The zero-order valence-electron chi connectivity index (χ0n) is 15.9. The second-order valence-electron chi connectivity index (χ2n) is 6.80. The van der Waals surface area contributed by atoms with E-state index >= 15 is 0 Å². The van der Waals surface area contributed by atoms with Crippen LogP contribution in [0.3, 0.4) is 0 Å². The fourth-order valence-corrected chi connectivity index (χ4v) is 4.36. The molecule has 0 atom stereocenters. The SMILES string of the molecule is Cc1ccc2sc(/C=C/c3ccc(N(C)C)cc3O)[n+](CCS(=O)(=O)[O-])c2c1. The minimum absolute atomic E-state index is 0.0838. The minimum Gasteiger partial charge on any atom is -0.748 e. The van der Waals surface area contributed by atoms with Crippen molar-refractivity contribution in [2.75, 3.05) is 24.7 Å². The van der Waals surface area contributed by atoms with Crippen LogP contribution in [0.25, 0.3) is 22.4 Å². The van der Waals surface area contributed by atoms with E-state index in [1.54, 1.807) is 12.1 Å². The molecule has 28 heavy (non-hydrogen) atoms. The molecule has 0 aliphatic heterocycles. The van der Waals surface area contributed by atoms with E-state index in [-0.39, 0.29) is 12.3 Å². The Balaban J connectivity index is 2.01. The number of hydrogen-bond acceptors (Lipinski definition) is 6. The van der Waals surface area contributed by atoms with Crippen LogP contribution in [0.15, 0.2) is 36.4 Å². The molecule has 1 heterocycles. The third-order valence-corrected chi connectivity index (χ3v) is 6.20. The molecule has 2 aromatic carbocycles. The van der Waals surface area contributed by atoms with Gasteiger partial charge in [-0.05, 0) is 36.8 Å². The number of aromatic nitrogens is 1. The maximum atomic E-state index is 11.1. The number of aryl methyl sites for hydroxylation is 2. The van der Waals surface area contributed by atoms with Gasteiger partial charge < -0.3 is 14.6 Å². The highest BCUT2D eigenvalue weighted by atomic mass is 32.2. The molecule has 1 N–H and O–H groups in total. The van der Waals surface area contributed by atoms with Crippen LogP contribution in [0.5, 0.6) is 5.75 Å². The van der Waals surface area contributed by atoms with Crippen molar-refractivity contribution in [3.8, 4) is 5.75 Å². The van der Waals surface area contributed by atoms with E-state index in [0.717, 1.165) is 26.5 Å². The quantitative estimate of drug-likeness (QED) is 0.491. The third-order valence-electron chi connectivity index (χ3n) is 4.39. The molecule has 148 valence electrons. The summed E-state index contributed by atoms with van der Waals surface area (Å²) in [4.78, 5) is 1.90. The topological polar surface area (TPSA) is 84.5 Å². The van der Waals surface area contributed by atoms with Crippen molar-refractivity contribution in [2.45, 2.75) is 13.5 Å². The van der Waals surface area contributed by atoms with Crippen molar-refractivity contribution in [1.82, 2.24) is 0 Å². The molecule has 0 fully saturated rings. The Morgan fingerprint density at radius 2 is 1.93 bits per heavy atom. The number of anilines is 1. The van der Waals surface area contributed by atoms with Crippen molar-refractivity contribution < 1.29 is 22.6 Å². The van der Waals surface area contributed by atoms with E-state index < -0.39 is 15.9 Å². The summed E-state index contributed by atoms with van der Waals surface area (Å²) in [6, 6.07) is 11.4. The molecule has 3 aromatic rings. The number of nitrogens with zero attached hydrogens (tertiary/aromatic N) is 2. The Morgan fingerprint density at radius 3 is 2.57 bits per heavy atom. The summed E-state index contributed by atoms with van der Waals surface area (Å²) in [6.45, 7) is 2.05. The predicted molar refractivity (Wildman–Crippen MR) is 113 cm³/mol. The molecule has 0 bridgehead atoms. The standard InChI is InChI=1S/C20H22N2O4S2/c1-14-4-8-19-17(12-14)22(10-11-28(24,25)26)20(27-19)9-6-15-5-7-16(21(2)3)13-18(15)23/h4-9,12-13H,10-11H2,1-3H3,(H,24,25,26). The summed E-state index contributed by atoms with van der Waals surface area (Å²) >= 11 is 1.51. The Bertz CT molecular complexity index is 1150. The van der Waals surface area contributed by atoms with Crippen molar-refractivity contribution >= 4 is 49.5 Å². The van der Waals surface area contributed by atoms with Crippen LogP contribution in [0, 0.1) is 6.92 Å². The largest absolute Gasteiger partial charge is 0.748 e. The van der Waals surface area contributed by atoms with E-state index in [2.05, 4.69) is 0 Å². The van der Waals surface area contributed by atoms with Crippen LogP contribution < -0.4 is 9.47 Å². The molecule has 8 heteroatoms. The number of phenolic OH excluding ortho intramolecular Hbond substituents is 1. The normalized spacial score (nSPS) is 12.1. The lowest BCUT2D eigenvalue weighted by Gasteiger charge is -2.13. The van der Waals surface area contributed by atoms with E-state index in [9.17, 15) is 18.1 Å². The van der Waals surface area contributed by atoms with Crippen LogP contribution in [0.1, 0.15) is 16.1 Å². The summed E-state index contributed by atoms with van der Waals surface area (Å²) in [6.07, 6.45) is 3.62. The third kappa shape index (κ3) is 4.70. The van der Waals surface area contributed by atoms with Gasteiger partial charge in [0, 0.05) is 43.6 Å². The smallest absolute Gasteiger partial charge is 0.262 e. The fourth-order valence-electron chi connectivity index (χ4n) is 2.88. The molecule has 0 aliphatic rings. The predicted octanol–water partition coefficient (Wildman–Crippen LogP) is 2.98. The lowest BCUT2D eigenvalue weighted by Crippen LogP contribution is -2.38. The fraction of sp³-hybridized carbons (Fsp3) is 0.250. The first-order valence-electron chi connectivity index (χ1n) is 8.69. The highest BCUT2D eigenvalue weighted by Gasteiger charge is 2.19. The average Bonchev–Trinajstić information content (AvgIpc) is 2.94. The van der Waals surface area contributed by atoms with Crippen LogP contribution in [-0.2, 0) is 16.7 Å².